The summed E-state index contributed by atoms with van der Waals surface area (Å²) in [6.45, 7) is 1.81. The fourth-order valence-corrected chi connectivity index (χ4v) is 3.29. The van der Waals surface area contributed by atoms with Crippen LogP contribution in [-0.4, -0.2) is 23.8 Å². The summed E-state index contributed by atoms with van der Waals surface area (Å²) in [5, 5.41) is 13.7. The quantitative estimate of drug-likeness (QED) is 0.384. The first-order chi connectivity index (χ1) is 11.0. The molecule has 0 aromatic heterocycles. The number of carbonyl (C=O) groups excluding carboxylic acids is 1. The molecule has 0 aliphatic heterocycles. The van der Waals surface area contributed by atoms with Gasteiger partial charge in [0, 0.05) is 10.0 Å². The van der Waals surface area contributed by atoms with Crippen molar-refractivity contribution in [3.05, 3.63) is 55.6 Å². The summed E-state index contributed by atoms with van der Waals surface area (Å²) in [6, 6.07) is 10.9. The lowest BCUT2D eigenvalue weighted by molar-refractivity contribution is -0.123. The minimum atomic E-state index is -0.382. The van der Waals surface area contributed by atoms with Crippen molar-refractivity contribution in [2.24, 2.45) is 5.10 Å². The molecular weight excluding hydrogens is 475 g/mol. The summed E-state index contributed by atoms with van der Waals surface area (Å²) in [4.78, 5) is 11.7. The molecule has 0 bridgehead atoms. The molecule has 0 saturated heterocycles. The molecule has 0 radical (unpaired) electrons. The van der Waals surface area contributed by atoms with Gasteiger partial charge in [-0.1, -0.05) is 28.1 Å². The van der Waals surface area contributed by atoms with Crippen LogP contribution in [0.15, 0.2) is 46.0 Å². The monoisotopic (exact) mass is 488 g/mol. The van der Waals surface area contributed by atoms with Crippen LogP contribution in [0.25, 0.3) is 0 Å². The van der Waals surface area contributed by atoms with E-state index in [2.05, 4.69) is 26.5 Å². The summed E-state index contributed by atoms with van der Waals surface area (Å²) >= 11 is 5.35. The lowest BCUT2D eigenvalue weighted by Gasteiger charge is -2.06. The van der Waals surface area contributed by atoms with Crippen molar-refractivity contribution in [3.8, 4) is 11.5 Å². The minimum Gasteiger partial charge on any atom is -0.506 e. The number of aryl methyl sites for hydroxylation is 1. The molecule has 0 aliphatic carbocycles. The largest absolute Gasteiger partial charge is 0.506 e. The van der Waals surface area contributed by atoms with Crippen molar-refractivity contribution in [2.45, 2.75) is 6.92 Å². The number of phenols is 1. The maximum absolute atomic E-state index is 11.7. The van der Waals surface area contributed by atoms with Crippen LogP contribution >= 0.6 is 38.5 Å². The Balaban J connectivity index is 1.89. The minimum absolute atomic E-state index is 0.114. The Morgan fingerprint density at radius 2 is 2.22 bits per heavy atom. The van der Waals surface area contributed by atoms with E-state index in [1.165, 1.54) is 6.21 Å². The van der Waals surface area contributed by atoms with Crippen molar-refractivity contribution in [3.63, 3.8) is 0 Å². The van der Waals surface area contributed by atoms with Crippen LogP contribution < -0.4 is 10.2 Å². The van der Waals surface area contributed by atoms with Gasteiger partial charge in [0.15, 0.2) is 6.61 Å². The molecule has 2 aromatic carbocycles. The maximum Gasteiger partial charge on any atom is 0.277 e. The van der Waals surface area contributed by atoms with Gasteiger partial charge in [-0.2, -0.15) is 5.10 Å². The van der Waals surface area contributed by atoms with Gasteiger partial charge in [-0.3, -0.25) is 4.79 Å². The van der Waals surface area contributed by atoms with Gasteiger partial charge in [-0.05, 0) is 59.3 Å². The fourth-order valence-electron chi connectivity index (χ4n) is 1.74. The van der Waals surface area contributed by atoms with Gasteiger partial charge in [-0.25, -0.2) is 5.43 Å². The van der Waals surface area contributed by atoms with Crippen molar-refractivity contribution in [1.82, 2.24) is 5.43 Å². The summed E-state index contributed by atoms with van der Waals surface area (Å²) in [5.41, 5.74) is 3.92. The Morgan fingerprint density at radius 1 is 1.43 bits per heavy atom. The van der Waals surface area contributed by atoms with Crippen LogP contribution in [0.4, 0.5) is 0 Å². The molecule has 120 valence electrons. The van der Waals surface area contributed by atoms with Gasteiger partial charge in [0.1, 0.15) is 11.5 Å². The summed E-state index contributed by atoms with van der Waals surface area (Å²) in [6.07, 6.45) is 1.38. The van der Waals surface area contributed by atoms with E-state index >= 15 is 0 Å². The molecule has 2 rings (SSSR count). The molecular formula is C16H14BrIN2O3. The molecule has 0 heterocycles. The molecule has 0 spiro atoms. The van der Waals surface area contributed by atoms with Gasteiger partial charge in [0.05, 0.1) is 9.78 Å². The second-order valence-corrected chi connectivity index (χ2v) is 6.80. The summed E-state index contributed by atoms with van der Waals surface area (Å²) in [7, 11) is 0. The van der Waals surface area contributed by atoms with Gasteiger partial charge < -0.3 is 9.84 Å². The molecule has 0 aliphatic rings. The van der Waals surface area contributed by atoms with Gasteiger partial charge in [-0.15, -0.1) is 0 Å². The first-order valence-electron chi connectivity index (χ1n) is 6.65. The van der Waals surface area contributed by atoms with Crippen LogP contribution in [0, 0.1) is 10.5 Å². The lowest BCUT2D eigenvalue weighted by atomic mass is 10.2. The van der Waals surface area contributed by atoms with Crippen molar-refractivity contribution in [2.75, 3.05) is 6.61 Å². The third-order valence-electron chi connectivity index (χ3n) is 2.81. The van der Waals surface area contributed by atoms with E-state index in [1.54, 1.807) is 18.2 Å². The first kappa shape index (κ1) is 17.7. The number of halogens is 2. The van der Waals surface area contributed by atoms with Crippen molar-refractivity contribution >= 4 is 50.6 Å². The predicted molar refractivity (Wildman–Crippen MR) is 101 cm³/mol. The van der Waals surface area contributed by atoms with Crippen molar-refractivity contribution in [1.29, 1.82) is 0 Å². The smallest absolute Gasteiger partial charge is 0.277 e. The van der Waals surface area contributed by atoms with Crippen molar-refractivity contribution < 1.29 is 14.6 Å². The number of ether oxygens (including phenoxy) is 1. The van der Waals surface area contributed by atoms with E-state index < -0.39 is 0 Å². The van der Waals surface area contributed by atoms with E-state index in [9.17, 15) is 9.90 Å². The van der Waals surface area contributed by atoms with E-state index in [4.69, 9.17) is 4.74 Å². The molecule has 0 saturated carbocycles. The second-order valence-electron chi connectivity index (χ2n) is 4.72. The van der Waals surface area contributed by atoms with Gasteiger partial charge in [0.2, 0.25) is 0 Å². The Labute approximate surface area is 156 Å². The van der Waals surface area contributed by atoms with Crippen LogP contribution in [0.1, 0.15) is 11.1 Å². The molecule has 0 fully saturated rings. The summed E-state index contributed by atoms with van der Waals surface area (Å²) < 4.78 is 6.87. The Bertz CT molecular complexity index is 750. The third-order valence-corrected chi connectivity index (χ3v) is 4.09. The number of nitrogens with zero attached hydrogens (tertiary/aromatic N) is 1. The van der Waals surface area contributed by atoms with E-state index in [1.807, 2.05) is 47.7 Å². The highest BCUT2D eigenvalue weighted by molar-refractivity contribution is 14.1. The average Bonchev–Trinajstić information content (AvgIpc) is 2.50. The van der Waals surface area contributed by atoms with Crippen LogP contribution in [0.3, 0.4) is 0 Å². The number of amides is 1. The van der Waals surface area contributed by atoms with Crippen LogP contribution in [0.2, 0.25) is 0 Å². The number of nitrogens with one attached hydrogen (secondary N) is 1. The number of hydrogen-bond acceptors (Lipinski definition) is 4. The zero-order valence-corrected chi connectivity index (χ0v) is 16.0. The highest BCUT2D eigenvalue weighted by Gasteiger charge is 2.06. The van der Waals surface area contributed by atoms with E-state index in [0.29, 0.717) is 14.9 Å². The molecule has 2 aromatic rings. The average molecular weight is 489 g/mol. The van der Waals surface area contributed by atoms with Crippen LogP contribution in [0.5, 0.6) is 11.5 Å². The predicted octanol–water partition coefficient (Wildman–Crippen LogP) is 3.60. The number of benzene rings is 2. The first-order valence-corrected chi connectivity index (χ1v) is 8.52. The molecule has 23 heavy (non-hydrogen) atoms. The lowest BCUT2D eigenvalue weighted by Crippen LogP contribution is -2.24. The molecule has 0 atom stereocenters. The van der Waals surface area contributed by atoms with E-state index in [-0.39, 0.29) is 18.3 Å². The number of hydrazone groups is 1. The Kier molecular flexibility index (Phi) is 6.40. The number of phenolic OH excluding ortho intramolecular Hbond substituents is 1. The highest BCUT2D eigenvalue weighted by atomic mass is 127. The molecule has 1 amide bonds. The zero-order chi connectivity index (χ0) is 16.8. The Hall–Kier alpha value is -1.61. The second kappa shape index (κ2) is 8.30. The third kappa shape index (κ3) is 5.51. The van der Waals surface area contributed by atoms with Crippen LogP contribution in [-0.2, 0) is 4.79 Å². The topological polar surface area (TPSA) is 70.9 Å². The SMILES string of the molecule is Cc1cccc(OCC(=O)N/N=C\c2cc(Br)cc(I)c2O)c1. The van der Waals surface area contributed by atoms with Gasteiger partial charge in [0.25, 0.3) is 5.91 Å². The summed E-state index contributed by atoms with van der Waals surface area (Å²) in [5.74, 6) is 0.359. The van der Waals surface area contributed by atoms with E-state index in [0.717, 1.165) is 10.0 Å². The zero-order valence-electron chi connectivity index (χ0n) is 12.2. The number of carbonyl (C=O) groups is 1. The maximum atomic E-state index is 11.7. The number of aromatic hydroxyl groups is 1. The highest BCUT2D eigenvalue weighted by Crippen LogP contribution is 2.27. The van der Waals surface area contributed by atoms with Gasteiger partial charge >= 0.3 is 0 Å². The normalized spacial score (nSPS) is 10.7. The number of hydrogen-bond donors (Lipinski definition) is 2. The molecule has 2 N–H and O–H groups in total. The molecule has 7 heteroatoms. The number of rotatable bonds is 5. The standard InChI is InChI=1S/C16H14BrIN2O3/c1-10-3-2-4-13(5-10)23-9-15(21)20-19-8-11-6-12(17)7-14(18)16(11)22/h2-8,22H,9H2,1H3,(H,20,21)/b19-8-. The Morgan fingerprint density at radius 3 is 2.96 bits per heavy atom. The molecule has 0 unspecified atom stereocenters. The fraction of sp³-hybridized carbons (Fsp3) is 0.125. The molecule has 5 nitrogen and oxygen atoms in total.